The standard InChI is InChI=1S/C15H15BrN4O3/c16-10-2-1-8(13-9(10)4-18-19-13)14(23)20-6-15(7-20)3-12(22)17-5-11(15)21/h1-2,4,11,21H,3,5-7H2,(H,17,22)(H,18,19). The molecule has 0 saturated carbocycles. The fraction of sp³-hybridized carbons (Fsp3) is 0.400. The number of rotatable bonds is 1. The molecule has 8 heteroatoms. The van der Waals surface area contributed by atoms with Crippen molar-refractivity contribution in [2.24, 2.45) is 5.41 Å². The Bertz CT molecular complexity index is 812. The summed E-state index contributed by atoms with van der Waals surface area (Å²) in [6, 6.07) is 3.57. The molecule has 2 fully saturated rings. The molecule has 1 aromatic heterocycles. The zero-order valence-corrected chi connectivity index (χ0v) is 13.8. The molecule has 23 heavy (non-hydrogen) atoms. The number of carbonyl (C=O) groups is 2. The molecule has 3 N–H and O–H groups in total. The molecule has 0 radical (unpaired) electrons. The van der Waals surface area contributed by atoms with Crippen LogP contribution in [0.25, 0.3) is 10.9 Å². The van der Waals surface area contributed by atoms with Gasteiger partial charge in [0.25, 0.3) is 5.91 Å². The van der Waals surface area contributed by atoms with Crippen molar-refractivity contribution in [1.29, 1.82) is 0 Å². The monoisotopic (exact) mass is 378 g/mol. The minimum absolute atomic E-state index is 0.0676. The lowest BCUT2D eigenvalue weighted by molar-refractivity contribution is -0.143. The number of hydrogen-bond donors (Lipinski definition) is 3. The molecular formula is C15H15BrN4O3. The number of amides is 2. The molecule has 2 aliphatic heterocycles. The lowest BCUT2D eigenvalue weighted by atomic mass is 9.70. The van der Waals surface area contributed by atoms with Crippen LogP contribution in [-0.4, -0.2) is 57.8 Å². The van der Waals surface area contributed by atoms with Gasteiger partial charge >= 0.3 is 0 Å². The Hall–Kier alpha value is -1.93. The Kier molecular flexibility index (Phi) is 3.21. The number of nitrogens with zero attached hydrogens (tertiary/aromatic N) is 2. The average Bonchev–Trinajstić information content (AvgIpc) is 2.97. The first kappa shape index (κ1) is 14.6. The topological polar surface area (TPSA) is 98.3 Å². The smallest absolute Gasteiger partial charge is 0.256 e. The maximum Gasteiger partial charge on any atom is 0.256 e. The second-order valence-electron chi connectivity index (χ2n) is 6.27. The van der Waals surface area contributed by atoms with Gasteiger partial charge in [-0.25, -0.2) is 0 Å². The van der Waals surface area contributed by atoms with Crippen molar-refractivity contribution < 1.29 is 14.7 Å². The minimum atomic E-state index is -0.610. The normalized spacial score (nSPS) is 23.0. The van der Waals surface area contributed by atoms with Gasteiger partial charge in [0.15, 0.2) is 0 Å². The van der Waals surface area contributed by atoms with Gasteiger partial charge in [0, 0.05) is 41.3 Å². The molecular weight excluding hydrogens is 364 g/mol. The number of likely N-dealkylation sites (tertiary alicyclic amines) is 1. The molecule has 2 aromatic rings. The number of nitrogens with one attached hydrogen (secondary N) is 2. The predicted octanol–water partition coefficient (Wildman–Crippen LogP) is 0.648. The third-order valence-electron chi connectivity index (χ3n) is 4.80. The van der Waals surface area contributed by atoms with Crippen LogP contribution in [0.3, 0.4) is 0 Å². The number of benzene rings is 1. The number of aromatic amines is 1. The van der Waals surface area contributed by atoms with E-state index in [1.54, 1.807) is 17.2 Å². The third-order valence-corrected chi connectivity index (χ3v) is 5.50. The maximum absolute atomic E-state index is 12.7. The summed E-state index contributed by atoms with van der Waals surface area (Å²) in [7, 11) is 0. The summed E-state index contributed by atoms with van der Waals surface area (Å²) in [4.78, 5) is 26.0. The van der Waals surface area contributed by atoms with Crippen molar-refractivity contribution >= 4 is 38.6 Å². The number of H-pyrrole nitrogens is 1. The molecule has 2 saturated heterocycles. The molecule has 1 spiro atoms. The summed E-state index contributed by atoms with van der Waals surface area (Å²) in [5, 5.41) is 20.5. The molecule has 7 nitrogen and oxygen atoms in total. The van der Waals surface area contributed by atoms with E-state index in [1.165, 1.54) is 0 Å². The van der Waals surface area contributed by atoms with Crippen LogP contribution in [-0.2, 0) is 4.79 Å². The number of aliphatic hydroxyl groups is 1. The Balaban J connectivity index is 1.58. The fourth-order valence-electron chi connectivity index (χ4n) is 3.46. The first-order valence-corrected chi connectivity index (χ1v) is 8.15. The van der Waals surface area contributed by atoms with E-state index in [0.29, 0.717) is 24.2 Å². The number of aliphatic hydroxyl groups excluding tert-OH is 1. The third kappa shape index (κ3) is 2.16. The largest absolute Gasteiger partial charge is 0.391 e. The van der Waals surface area contributed by atoms with Gasteiger partial charge in [-0.1, -0.05) is 15.9 Å². The molecule has 1 atom stereocenters. The van der Waals surface area contributed by atoms with Gasteiger partial charge in [-0.15, -0.1) is 0 Å². The van der Waals surface area contributed by atoms with E-state index in [0.717, 1.165) is 9.86 Å². The first-order chi connectivity index (χ1) is 11.0. The van der Waals surface area contributed by atoms with Gasteiger partial charge in [-0.2, -0.15) is 5.10 Å². The number of β-amino-alcohol motifs (C(OH)–C–C–N with tert-alkyl or cyclic N) is 1. The molecule has 120 valence electrons. The summed E-state index contributed by atoms with van der Waals surface area (Å²) in [5.41, 5.74) is 0.734. The van der Waals surface area contributed by atoms with Crippen molar-refractivity contribution in [1.82, 2.24) is 20.4 Å². The van der Waals surface area contributed by atoms with E-state index in [4.69, 9.17) is 0 Å². The van der Waals surface area contributed by atoms with Gasteiger partial charge in [0.05, 0.1) is 23.4 Å². The molecule has 1 unspecified atom stereocenters. The number of piperidine rings is 1. The second kappa shape index (κ2) is 5.04. The van der Waals surface area contributed by atoms with Gasteiger partial charge < -0.3 is 15.3 Å². The molecule has 0 aliphatic carbocycles. The number of carbonyl (C=O) groups excluding carboxylic acids is 2. The molecule has 0 bridgehead atoms. The lowest BCUT2D eigenvalue weighted by Crippen LogP contribution is -2.68. The van der Waals surface area contributed by atoms with E-state index >= 15 is 0 Å². The first-order valence-electron chi connectivity index (χ1n) is 7.36. The van der Waals surface area contributed by atoms with Gasteiger partial charge in [-0.05, 0) is 12.1 Å². The van der Waals surface area contributed by atoms with Crippen LogP contribution in [0, 0.1) is 5.41 Å². The Morgan fingerprint density at radius 2 is 2.22 bits per heavy atom. The highest BCUT2D eigenvalue weighted by Crippen LogP contribution is 2.40. The number of fused-ring (bicyclic) bond motifs is 1. The van der Waals surface area contributed by atoms with E-state index in [9.17, 15) is 14.7 Å². The summed E-state index contributed by atoms with van der Waals surface area (Å²) in [6.45, 7) is 1.04. The minimum Gasteiger partial charge on any atom is -0.391 e. The highest BCUT2D eigenvalue weighted by atomic mass is 79.9. The van der Waals surface area contributed by atoms with Crippen LogP contribution in [0.1, 0.15) is 16.8 Å². The molecule has 2 amide bonds. The highest BCUT2D eigenvalue weighted by Gasteiger charge is 2.53. The van der Waals surface area contributed by atoms with Crippen LogP contribution in [0.2, 0.25) is 0 Å². The van der Waals surface area contributed by atoms with Crippen molar-refractivity contribution in [2.75, 3.05) is 19.6 Å². The Morgan fingerprint density at radius 1 is 1.43 bits per heavy atom. The zero-order valence-electron chi connectivity index (χ0n) is 12.2. The summed E-state index contributed by atoms with van der Waals surface area (Å²) in [5.74, 6) is -0.183. The van der Waals surface area contributed by atoms with Crippen LogP contribution in [0.5, 0.6) is 0 Å². The molecule has 2 aliphatic rings. The van der Waals surface area contributed by atoms with Crippen LogP contribution >= 0.6 is 15.9 Å². The van der Waals surface area contributed by atoms with Crippen molar-refractivity contribution in [3.05, 3.63) is 28.4 Å². The van der Waals surface area contributed by atoms with Crippen molar-refractivity contribution in [2.45, 2.75) is 12.5 Å². The van der Waals surface area contributed by atoms with E-state index in [1.807, 2.05) is 6.07 Å². The van der Waals surface area contributed by atoms with Crippen LogP contribution in [0.4, 0.5) is 0 Å². The lowest BCUT2D eigenvalue weighted by Gasteiger charge is -2.54. The Labute approximate surface area is 140 Å². The van der Waals surface area contributed by atoms with Gasteiger partial charge in [0.2, 0.25) is 5.91 Å². The number of halogens is 1. The summed E-state index contributed by atoms with van der Waals surface area (Å²) < 4.78 is 0.872. The SMILES string of the molecule is O=C1CC2(CN(C(=O)c3ccc(Br)c4cn[nH]c34)C2)C(O)CN1. The fourth-order valence-corrected chi connectivity index (χ4v) is 3.89. The van der Waals surface area contributed by atoms with E-state index < -0.39 is 11.5 Å². The number of aromatic nitrogens is 2. The quantitative estimate of drug-likeness (QED) is 0.678. The summed E-state index contributed by atoms with van der Waals surface area (Å²) in [6.07, 6.45) is 1.32. The zero-order chi connectivity index (χ0) is 16.2. The van der Waals surface area contributed by atoms with E-state index in [2.05, 4.69) is 31.4 Å². The number of hydrogen-bond acceptors (Lipinski definition) is 4. The van der Waals surface area contributed by atoms with E-state index in [-0.39, 0.29) is 24.8 Å². The highest BCUT2D eigenvalue weighted by molar-refractivity contribution is 9.10. The molecule has 4 rings (SSSR count). The molecule has 3 heterocycles. The van der Waals surface area contributed by atoms with Gasteiger partial charge in [-0.3, -0.25) is 14.7 Å². The van der Waals surface area contributed by atoms with Crippen LogP contribution < -0.4 is 5.32 Å². The van der Waals surface area contributed by atoms with Crippen LogP contribution in [0.15, 0.2) is 22.8 Å². The maximum atomic E-state index is 12.7. The average molecular weight is 379 g/mol. The molecule has 1 aromatic carbocycles. The predicted molar refractivity (Wildman–Crippen MR) is 85.8 cm³/mol. The summed E-state index contributed by atoms with van der Waals surface area (Å²) >= 11 is 3.44. The van der Waals surface area contributed by atoms with Crippen molar-refractivity contribution in [3.8, 4) is 0 Å². The second-order valence-corrected chi connectivity index (χ2v) is 7.13. The van der Waals surface area contributed by atoms with Crippen molar-refractivity contribution in [3.63, 3.8) is 0 Å². The van der Waals surface area contributed by atoms with Gasteiger partial charge in [0.1, 0.15) is 0 Å². The Morgan fingerprint density at radius 3 is 3.00 bits per heavy atom.